The van der Waals surface area contributed by atoms with Crippen LogP contribution in [0, 0.1) is 6.92 Å². The fourth-order valence-corrected chi connectivity index (χ4v) is 3.90. The molecule has 2 heterocycles. The van der Waals surface area contributed by atoms with Gasteiger partial charge < -0.3 is 10.1 Å². The van der Waals surface area contributed by atoms with Crippen molar-refractivity contribution in [1.29, 1.82) is 0 Å². The van der Waals surface area contributed by atoms with Crippen LogP contribution >= 0.6 is 11.3 Å². The van der Waals surface area contributed by atoms with Gasteiger partial charge in [-0.05, 0) is 30.7 Å². The molecule has 0 fully saturated rings. The second-order valence-corrected chi connectivity index (χ2v) is 6.97. The van der Waals surface area contributed by atoms with Crippen molar-refractivity contribution in [3.05, 3.63) is 76.2 Å². The van der Waals surface area contributed by atoms with E-state index >= 15 is 0 Å². The largest absolute Gasteiger partial charge is 0.488 e. The van der Waals surface area contributed by atoms with E-state index in [1.165, 1.54) is 16.9 Å². The Morgan fingerprint density at radius 2 is 1.96 bits per heavy atom. The number of carbonyl (C=O) groups excluding carboxylic acids is 1. The second kappa shape index (κ2) is 6.13. The van der Waals surface area contributed by atoms with E-state index in [4.69, 9.17) is 4.74 Å². The first-order valence-corrected chi connectivity index (χ1v) is 8.71. The number of nitrogens with one attached hydrogen (secondary N) is 1. The van der Waals surface area contributed by atoms with Crippen LogP contribution in [0.3, 0.4) is 0 Å². The first kappa shape index (κ1) is 15.0. The predicted octanol–water partition coefficient (Wildman–Crippen LogP) is 4.55. The predicted molar refractivity (Wildman–Crippen MR) is 96.4 cm³/mol. The Labute approximate surface area is 144 Å². The first-order valence-electron chi connectivity index (χ1n) is 7.89. The lowest BCUT2D eigenvalue weighted by Crippen LogP contribution is -2.21. The summed E-state index contributed by atoms with van der Waals surface area (Å²) >= 11 is 1.53. The van der Waals surface area contributed by atoms with E-state index in [0.29, 0.717) is 13.2 Å². The number of benzene rings is 2. The fourth-order valence-electron chi connectivity index (χ4n) is 2.79. The van der Waals surface area contributed by atoms with Gasteiger partial charge in [0.15, 0.2) is 0 Å². The highest BCUT2D eigenvalue weighted by molar-refractivity contribution is 7.17. The number of hydrogen-bond donors (Lipinski definition) is 1. The minimum Gasteiger partial charge on any atom is -0.488 e. The van der Waals surface area contributed by atoms with E-state index in [1.54, 1.807) is 0 Å². The van der Waals surface area contributed by atoms with E-state index < -0.39 is 0 Å². The molecule has 0 spiro atoms. The van der Waals surface area contributed by atoms with Crippen molar-refractivity contribution in [2.45, 2.75) is 20.1 Å². The Kier molecular flexibility index (Phi) is 3.82. The van der Waals surface area contributed by atoms with Crippen LogP contribution in [-0.2, 0) is 13.2 Å². The van der Waals surface area contributed by atoms with Crippen molar-refractivity contribution in [2.75, 3.05) is 0 Å². The van der Waals surface area contributed by atoms with Crippen molar-refractivity contribution in [2.24, 2.45) is 0 Å². The summed E-state index contributed by atoms with van der Waals surface area (Å²) in [4.78, 5) is 14.3. The zero-order valence-corrected chi connectivity index (χ0v) is 14.2. The third kappa shape index (κ3) is 2.81. The van der Waals surface area contributed by atoms with Crippen molar-refractivity contribution >= 4 is 17.2 Å². The normalized spacial score (nSPS) is 12.0. The van der Waals surface area contributed by atoms with Crippen LogP contribution < -0.4 is 10.1 Å². The van der Waals surface area contributed by atoms with Crippen molar-refractivity contribution in [3.8, 4) is 16.2 Å². The second-order valence-electron chi connectivity index (χ2n) is 5.92. The van der Waals surface area contributed by atoms with Gasteiger partial charge in [-0.2, -0.15) is 0 Å². The number of carbonyl (C=O) groups is 1. The number of fused-ring (bicyclic) bond motifs is 3. The Balaban J connectivity index is 1.52. The van der Waals surface area contributed by atoms with Gasteiger partial charge in [0.1, 0.15) is 12.4 Å². The van der Waals surface area contributed by atoms with Crippen molar-refractivity contribution in [1.82, 2.24) is 5.32 Å². The molecule has 0 unspecified atom stereocenters. The van der Waals surface area contributed by atoms with E-state index in [1.807, 2.05) is 42.5 Å². The SMILES string of the molecule is Cc1ccc(CNC(=O)c2cc3c(s2)-c2ccccc2OC3)cc1. The molecule has 0 radical (unpaired) electrons. The summed E-state index contributed by atoms with van der Waals surface area (Å²) in [5.41, 5.74) is 4.47. The number of amides is 1. The van der Waals surface area contributed by atoms with Crippen molar-refractivity contribution < 1.29 is 9.53 Å². The van der Waals surface area contributed by atoms with Crippen LogP contribution in [-0.4, -0.2) is 5.91 Å². The first-order chi connectivity index (χ1) is 11.7. The molecule has 1 amide bonds. The maximum Gasteiger partial charge on any atom is 0.261 e. The van der Waals surface area contributed by atoms with Crippen molar-refractivity contribution in [3.63, 3.8) is 0 Å². The summed E-state index contributed by atoms with van der Waals surface area (Å²) in [5.74, 6) is 0.853. The molecule has 1 aliphatic rings. The van der Waals surface area contributed by atoms with Crippen LogP contribution in [0.1, 0.15) is 26.4 Å². The molecule has 0 aliphatic carbocycles. The molecule has 24 heavy (non-hydrogen) atoms. The van der Waals surface area contributed by atoms with E-state index in [2.05, 4.69) is 24.4 Å². The summed E-state index contributed by atoms with van der Waals surface area (Å²) in [5, 5.41) is 3.00. The van der Waals surface area contributed by atoms with Gasteiger partial charge in [-0.1, -0.05) is 42.0 Å². The maximum atomic E-state index is 12.5. The highest BCUT2D eigenvalue weighted by Gasteiger charge is 2.22. The monoisotopic (exact) mass is 335 g/mol. The average Bonchev–Trinajstić information content (AvgIpc) is 3.06. The van der Waals surface area contributed by atoms with Gasteiger partial charge in [-0.3, -0.25) is 4.79 Å². The molecule has 1 N–H and O–H groups in total. The zero-order chi connectivity index (χ0) is 16.5. The van der Waals surface area contributed by atoms with Crippen LogP contribution in [0.15, 0.2) is 54.6 Å². The minimum absolute atomic E-state index is 0.0348. The fraction of sp³-hybridized carbons (Fsp3) is 0.150. The zero-order valence-electron chi connectivity index (χ0n) is 13.3. The molecule has 120 valence electrons. The maximum absolute atomic E-state index is 12.5. The molecule has 0 atom stereocenters. The third-order valence-electron chi connectivity index (χ3n) is 4.12. The number of ether oxygens (including phenoxy) is 1. The molecule has 0 saturated carbocycles. The van der Waals surface area contributed by atoms with Crippen LogP contribution in [0.4, 0.5) is 0 Å². The topological polar surface area (TPSA) is 38.3 Å². The Hall–Kier alpha value is -2.59. The lowest BCUT2D eigenvalue weighted by Gasteiger charge is -2.16. The smallest absolute Gasteiger partial charge is 0.261 e. The summed E-state index contributed by atoms with van der Waals surface area (Å²) in [6.45, 7) is 3.11. The molecule has 2 aromatic carbocycles. The van der Waals surface area contributed by atoms with Crippen LogP contribution in [0.25, 0.3) is 10.4 Å². The van der Waals surface area contributed by atoms with Gasteiger partial charge in [0, 0.05) is 22.5 Å². The van der Waals surface area contributed by atoms with Crippen LogP contribution in [0.2, 0.25) is 0 Å². The van der Waals surface area contributed by atoms with Gasteiger partial charge in [-0.25, -0.2) is 0 Å². The summed E-state index contributed by atoms with van der Waals surface area (Å²) < 4.78 is 5.76. The van der Waals surface area contributed by atoms with E-state index in [-0.39, 0.29) is 5.91 Å². The quantitative estimate of drug-likeness (QED) is 0.763. The average molecular weight is 335 g/mol. The lowest BCUT2D eigenvalue weighted by molar-refractivity contribution is 0.0955. The molecule has 1 aliphatic heterocycles. The van der Waals surface area contributed by atoms with Gasteiger partial charge in [0.2, 0.25) is 0 Å². The number of hydrogen-bond acceptors (Lipinski definition) is 3. The highest BCUT2D eigenvalue weighted by Crippen LogP contribution is 2.42. The molecular weight excluding hydrogens is 318 g/mol. The Morgan fingerprint density at radius 1 is 1.17 bits per heavy atom. The molecule has 4 heteroatoms. The number of para-hydroxylation sites is 1. The molecule has 0 bridgehead atoms. The third-order valence-corrected chi connectivity index (χ3v) is 5.33. The number of aryl methyl sites for hydroxylation is 1. The summed E-state index contributed by atoms with van der Waals surface area (Å²) in [6.07, 6.45) is 0. The number of rotatable bonds is 3. The summed E-state index contributed by atoms with van der Waals surface area (Å²) in [7, 11) is 0. The standard InChI is InChI=1S/C20H17NO2S/c1-13-6-8-14(9-7-13)11-21-20(22)18-10-15-12-23-17-5-3-2-4-16(17)19(15)24-18/h2-10H,11-12H2,1H3,(H,21,22). The van der Waals surface area contributed by atoms with Gasteiger partial charge in [0.05, 0.1) is 4.88 Å². The molecule has 0 saturated heterocycles. The van der Waals surface area contributed by atoms with Gasteiger partial charge in [0.25, 0.3) is 5.91 Å². The minimum atomic E-state index is -0.0348. The molecule has 4 rings (SSSR count). The lowest BCUT2D eigenvalue weighted by atomic mass is 10.1. The molecule has 3 aromatic rings. The molecule has 1 aromatic heterocycles. The van der Waals surface area contributed by atoms with E-state index in [0.717, 1.165) is 32.2 Å². The Bertz CT molecular complexity index is 896. The van der Waals surface area contributed by atoms with Crippen LogP contribution in [0.5, 0.6) is 5.75 Å². The van der Waals surface area contributed by atoms with Gasteiger partial charge >= 0.3 is 0 Å². The molecular formula is C20H17NO2S. The number of thiophene rings is 1. The van der Waals surface area contributed by atoms with Gasteiger partial charge in [-0.15, -0.1) is 11.3 Å². The highest BCUT2D eigenvalue weighted by atomic mass is 32.1. The Morgan fingerprint density at radius 3 is 2.79 bits per heavy atom. The van der Waals surface area contributed by atoms with E-state index in [9.17, 15) is 4.79 Å². The summed E-state index contributed by atoms with van der Waals surface area (Å²) in [6, 6.07) is 18.1. The molecule has 3 nitrogen and oxygen atoms in total.